The third-order valence-corrected chi connectivity index (χ3v) is 12.4. The standard InChI is InChI=1S/C47H78N2O8/c1-19-21-31(25-43(6,7)8)55-39(51)35-23-37(41(53)57-33-28-46(13,14)49(18)47(15,16)29-33)36(22-34(35)38(50)54-30(20-2)24-42(3,4)5)40(52)56-32-26-44(9,10)48(17)45(11,12)27-32/h22-23,30-33H,19-21,24-29H2,1-18H3. The van der Waals surface area contributed by atoms with Crippen LogP contribution < -0.4 is 0 Å². The van der Waals surface area contributed by atoms with Gasteiger partial charge in [-0.25, -0.2) is 19.2 Å². The van der Waals surface area contributed by atoms with Crippen LogP contribution in [0.15, 0.2) is 12.1 Å². The Bertz CT molecular complexity index is 1580. The Morgan fingerprint density at radius 1 is 0.579 bits per heavy atom. The van der Waals surface area contributed by atoms with Crippen LogP contribution in [0.1, 0.15) is 210 Å². The summed E-state index contributed by atoms with van der Waals surface area (Å²) in [6.07, 6.45) is 3.57. The van der Waals surface area contributed by atoms with E-state index in [1.165, 1.54) is 12.1 Å². The molecule has 2 fully saturated rings. The second-order valence-electron chi connectivity index (χ2n) is 22.0. The number of carbonyl (C=O) groups is 4. The Labute approximate surface area is 345 Å². The minimum atomic E-state index is -0.768. The van der Waals surface area contributed by atoms with Gasteiger partial charge < -0.3 is 18.9 Å². The molecule has 2 saturated heterocycles. The summed E-state index contributed by atoms with van der Waals surface area (Å²) in [5, 5.41) is 0. The molecule has 0 saturated carbocycles. The summed E-state index contributed by atoms with van der Waals surface area (Å²) in [4.78, 5) is 62.3. The summed E-state index contributed by atoms with van der Waals surface area (Å²) in [5.41, 5.74) is -1.99. The number of likely N-dealkylation sites (tertiary alicyclic amines) is 2. The van der Waals surface area contributed by atoms with Gasteiger partial charge in [-0.3, -0.25) is 9.80 Å². The van der Waals surface area contributed by atoms with Crippen LogP contribution in [-0.4, -0.2) is 94.3 Å². The molecule has 0 bridgehead atoms. The van der Waals surface area contributed by atoms with E-state index in [0.717, 1.165) is 6.42 Å². The number of esters is 4. The summed E-state index contributed by atoms with van der Waals surface area (Å²) in [5.74, 6) is -3.06. The number of nitrogens with zero attached hydrogens (tertiary/aromatic N) is 2. The van der Waals surface area contributed by atoms with Crippen molar-refractivity contribution in [2.45, 2.75) is 215 Å². The van der Waals surface area contributed by atoms with Gasteiger partial charge in [0, 0.05) is 47.8 Å². The molecule has 1 aromatic carbocycles. The first-order valence-electron chi connectivity index (χ1n) is 21.3. The lowest BCUT2D eigenvalue weighted by molar-refractivity contribution is -0.0752. The molecule has 1 aromatic rings. The maximum atomic E-state index is 14.5. The normalized spacial score (nSPS) is 21.3. The summed E-state index contributed by atoms with van der Waals surface area (Å²) in [7, 11) is 4.15. The predicted octanol–water partition coefficient (Wildman–Crippen LogP) is 10.4. The molecule has 10 nitrogen and oxygen atoms in total. The fraction of sp³-hybridized carbons (Fsp3) is 0.787. The monoisotopic (exact) mass is 799 g/mol. The van der Waals surface area contributed by atoms with Crippen LogP contribution in [0.25, 0.3) is 0 Å². The van der Waals surface area contributed by atoms with E-state index in [9.17, 15) is 19.2 Å². The molecule has 2 heterocycles. The zero-order valence-electron chi connectivity index (χ0n) is 39.0. The molecule has 0 aromatic heterocycles. The number of piperidine rings is 2. The minimum absolute atomic E-state index is 0.140. The van der Waals surface area contributed by atoms with Crippen molar-refractivity contribution in [3.05, 3.63) is 34.4 Å². The molecule has 324 valence electrons. The molecule has 2 unspecified atom stereocenters. The van der Waals surface area contributed by atoms with Gasteiger partial charge in [0.15, 0.2) is 0 Å². The van der Waals surface area contributed by atoms with Gasteiger partial charge in [-0.1, -0.05) is 61.8 Å². The second-order valence-corrected chi connectivity index (χ2v) is 22.0. The van der Waals surface area contributed by atoms with Crippen molar-refractivity contribution in [3.63, 3.8) is 0 Å². The molecule has 0 radical (unpaired) electrons. The van der Waals surface area contributed by atoms with Crippen molar-refractivity contribution in [1.29, 1.82) is 0 Å². The highest BCUT2D eigenvalue weighted by Crippen LogP contribution is 2.40. The fourth-order valence-electron chi connectivity index (χ4n) is 9.02. The lowest BCUT2D eigenvalue weighted by Crippen LogP contribution is -2.60. The molecule has 2 aliphatic heterocycles. The summed E-state index contributed by atoms with van der Waals surface area (Å²) < 4.78 is 24.8. The maximum Gasteiger partial charge on any atom is 0.339 e. The minimum Gasteiger partial charge on any atom is -0.459 e. The topological polar surface area (TPSA) is 112 Å². The predicted molar refractivity (Wildman–Crippen MR) is 227 cm³/mol. The van der Waals surface area contributed by atoms with Crippen molar-refractivity contribution in [2.24, 2.45) is 10.8 Å². The van der Waals surface area contributed by atoms with Crippen molar-refractivity contribution >= 4 is 23.9 Å². The Hall–Kier alpha value is -2.98. The quantitative estimate of drug-likeness (QED) is 0.141. The van der Waals surface area contributed by atoms with Crippen LogP contribution in [0.5, 0.6) is 0 Å². The van der Waals surface area contributed by atoms with Gasteiger partial charge >= 0.3 is 23.9 Å². The summed E-state index contributed by atoms with van der Waals surface area (Å²) in [6, 6.07) is 2.60. The van der Waals surface area contributed by atoms with Crippen molar-refractivity contribution < 1.29 is 38.1 Å². The Balaban J connectivity index is 2.24. The van der Waals surface area contributed by atoms with Crippen LogP contribution in [-0.2, 0) is 18.9 Å². The first-order valence-corrected chi connectivity index (χ1v) is 21.3. The lowest BCUT2D eigenvalue weighted by Gasteiger charge is -2.53. The summed E-state index contributed by atoms with van der Waals surface area (Å²) in [6.45, 7) is 33.4. The smallest absolute Gasteiger partial charge is 0.339 e. The Kier molecular flexibility index (Phi) is 15.0. The third kappa shape index (κ3) is 12.8. The molecular formula is C47H78N2O8. The zero-order valence-corrected chi connectivity index (χ0v) is 39.0. The van der Waals surface area contributed by atoms with Gasteiger partial charge in [0.25, 0.3) is 0 Å². The van der Waals surface area contributed by atoms with E-state index in [1.54, 1.807) is 0 Å². The zero-order chi connectivity index (χ0) is 43.7. The fourth-order valence-corrected chi connectivity index (χ4v) is 9.02. The first-order chi connectivity index (χ1) is 25.8. The maximum absolute atomic E-state index is 14.5. The molecule has 2 aliphatic rings. The second kappa shape index (κ2) is 17.7. The first kappa shape index (κ1) is 48.4. The van der Waals surface area contributed by atoms with Gasteiger partial charge in [0.1, 0.15) is 24.4 Å². The van der Waals surface area contributed by atoms with E-state index in [2.05, 4.69) is 121 Å². The van der Waals surface area contributed by atoms with Gasteiger partial charge in [0.2, 0.25) is 0 Å². The van der Waals surface area contributed by atoms with E-state index in [4.69, 9.17) is 18.9 Å². The molecule has 57 heavy (non-hydrogen) atoms. The Morgan fingerprint density at radius 2 is 0.877 bits per heavy atom. The largest absolute Gasteiger partial charge is 0.459 e. The lowest BCUT2D eigenvalue weighted by atomic mass is 9.78. The van der Waals surface area contributed by atoms with E-state index >= 15 is 0 Å². The van der Waals surface area contributed by atoms with Gasteiger partial charge in [-0.2, -0.15) is 0 Å². The van der Waals surface area contributed by atoms with Crippen molar-refractivity contribution in [3.8, 4) is 0 Å². The molecule has 2 atom stereocenters. The van der Waals surface area contributed by atoms with E-state index in [-0.39, 0.29) is 55.2 Å². The molecule has 10 heteroatoms. The SMILES string of the molecule is CCCC(CC(C)(C)C)OC(=O)c1cc(C(=O)OC2CC(C)(C)N(C)C(C)(C)C2)c(C(=O)OC2CC(C)(C)N(C)C(C)(C)C2)cc1C(=O)OC(CC)CC(C)(C)C. The van der Waals surface area contributed by atoms with Crippen LogP contribution in [0, 0.1) is 10.8 Å². The Morgan fingerprint density at radius 3 is 1.18 bits per heavy atom. The summed E-state index contributed by atoms with van der Waals surface area (Å²) >= 11 is 0. The van der Waals surface area contributed by atoms with Crippen LogP contribution in [0.2, 0.25) is 0 Å². The van der Waals surface area contributed by atoms with E-state index in [0.29, 0.717) is 51.4 Å². The average molecular weight is 799 g/mol. The third-order valence-electron chi connectivity index (χ3n) is 12.4. The highest BCUT2D eigenvalue weighted by atomic mass is 16.6. The van der Waals surface area contributed by atoms with Gasteiger partial charge in [0.05, 0.1) is 22.3 Å². The van der Waals surface area contributed by atoms with Crippen molar-refractivity contribution in [2.75, 3.05) is 14.1 Å². The number of rotatable bonds is 13. The van der Waals surface area contributed by atoms with Crippen molar-refractivity contribution in [1.82, 2.24) is 9.80 Å². The number of ether oxygens (including phenoxy) is 4. The van der Waals surface area contributed by atoms with E-state index in [1.807, 2.05) is 13.8 Å². The van der Waals surface area contributed by atoms with Gasteiger partial charge in [-0.05, 0) is 118 Å². The van der Waals surface area contributed by atoms with Crippen LogP contribution in [0.4, 0.5) is 0 Å². The molecule has 0 spiro atoms. The molecule has 3 rings (SSSR count). The average Bonchev–Trinajstić information content (AvgIpc) is 3.03. The number of carbonyl (C=O) groups excluding carboxylic acids is 4. The molecule has 0 amide bonds. The number of hydrogen-bond donors (Lipinski definition) is 0. The van der Waals surface area contributed by atoms with E-state index < -0.39 is 48.3 Å². The molecular weight excluding hydrogens is 721 g/mol. The molecule has 0 aliphatic carbocycles. The highest BCUT2D eigenvalue weighted by Gasteiger charge is 2.46. The number of benzene rings is 1. The van der Waals surface area contributed by atoms with Gasteiger partial charge in [-0.15, -0.1) is 0 Å². The number of hydrogen-bond acceptors (Lipinski definition) is 10. The molecule has 0 N–H and O–H groups in total. The van der Waals surface area contributed by atoms with Crippen LogP contribution >= 0.6 is 0 Å². The van der Waals surface area contributed by atoms with Crippen LogP contribution in [0.3, 0.4) is 0 Å². The highest BCUT2D eigenvalue weighted by molar-refractivity contribution is 6.10.